The Morgan fingerprint density at radius 1 is 1.04 bits per heavy atom. The minimum atomic E-state index is 0.551. The summed E-state index contributed by atoms with van der Waals surface area (Å²) < 4.78 is 21.8. The molecule has 2 heterocycles. The first-order valence-corrected chi connectivity index (χ1v) is 7.85. The molecule has 1 aromatic carbocycles. The van der Waals surface area contributed by atoms with Crippen molar-refractivity contribution in [1.29, 1.82) is 0 Å². The van der Waals surface area contributed by atoms with Crippen LogP contribution in [0.5, 0.6) is 17.2 Å². The van der Waals surface area contributed by atoms with Gasteiger partial charge in [-0.3, -0.25) is 0 Å². The first-order chi connectivity index (χ1) is 11.2. The third-order valence-corrected chi connectivity index (χ3v) is 4.45. The molecule has 0 aliphatic heterocycles. The monoisotopic (exact) mass is 331 g/mol. The summed E-state index contributed by atoms with van der Waals surface area (Å²) in [4.78, 5) is 5.55. The van der Waals surface area contributed by atoms with Crippen LogP contribution in [0.15, 0.2) is 34.4 Å². The highest BCUT2D eigenvalue weighted by Gasteiger charge is 2.20. The van der Waals surface area contributed by atoms with Gasteiger partial charge in [0.05, 0.1) is 21.3 Å². The van der Waals surface area contributed by atoms with E-state index in [4.69, 9.17) is 18.6 Å². The average molecular weight is 331 g/mol. The molecule has 0 bridgehead atoms. The van der Waals surface area contributed by atoms with E-state index in [2.05, 4.69) is 11.9 Å². The van der Waals surface area contributed by atoms with Crippen molar-refractivity contribution in [3.05, 3.63) is 34.8 Å². The summed E-state index contributed by atoms with van der Waals surface area (Å²) in [6, 6.07) is 5.76. The van der Waals surface area contributed by atoms with Crippen LogP contribution in [0.2, 0.25) is 0 Å². The zero-order valence-corrected chi connectivity index (χ0v) is 14.2. The quantitative estimate of drug-likeness (QED) is 0.693. The van der Waals surface area contributed by atoms with E-state index in [9.17, 15) is 0 Å². The van der Waals surface area contributed by atoms with Crippen molar-refractivity contribution >= 4 is 11.3 Å². The van der Waals surface area contributed by atoms with E-state index in [1.807, 2.05) is 23.6 Å². The lowest BCUT2D eigenvalue weighted by Crippen LogP contribution is -1.96. The second-order valence-electron chi connectivity index (χ2n) is 4.83. The van der Waals surface area contributed by atoms with Crippen molar-refractivity contribution < 1.29 is 18.6 Å². The fraction of sp³-hybridized carbons (Fsp3) is 0.235. The van der Waals surface area contributed by atoms with Gasteiger partial charge in [-0.25, -0.2) is 4.98 Å². The first kappa shape index (κ1) is 15.4. The number of hydrogen-bond donors (Lipinski definition) is 0. The zero-order chi connectivity index (χ0) is 16.4. The number of nitrogens with zero attached hydrogens (tertiary/aromatic N) is 1. The molecule has 0 N–H and O–H groups in total. The van der Waals surface area contributed by atoms with Gasteiger partial charge < -0.3 is 18.6 Å². The maximum Gasteiger partial charge on any atom is 0.203 e. The van der Waals surface area contributed by atoms with Gasteiger partial charge in [-0.05, 0) is 30.5 Å². The van der Waals surface area contributed by atoms with E-state index in [1.165, 1.54) is 11.3 Å². The molecule has 0 saturated heterocycles. The Labute approximate surface area is 138 Å². The Kier molecular flexibility index (Phi) is 4.25. The minimum absolute atomic E-state index is 0.551. The molecule has 0 saturated carbocycles. The highest BCUT2D eigenvalue weighted by atomic mass is 32.1. The van der Waals surface area contributed by atoms with Crippen LogP contribution in [0.3, 0.4) is 0 Å². The van der Waals surface area contributed by atoms with Crippen LogP contribution in [0.4, 0.5) is 0 Å². The lowest BCUT2D eigenvalue weighted by molar-refractivity contribution is 0.324. The molecule has 0 atom stereocenters. The van der Waals surface area contributed by atoms with Crippen molar-refractivity contribution in [3.63, 3.8) is 0 Å². The summed E-state index contributed by atoms with van der Waals surface area (Å²) in [5.74, 6) is 2.45. The Hall–Kier alpha value is -2.47. The maximum absolute atomic E-state index is 5.63. The molecule has 0 fully saturated rings. The van der Waals surface area contributed by atoms with Crippen LogP contribution in [0.1, 0.15) is 4.88 Å². The Bertz CT molecular complexity index is 797. The van der Waals surface area contributed by atoms with Gasteiger partial charge in [0.15, 0.2) is 23.7 Å². The number of methoxy groups -OCH3 is 3. The van der Waals surface area contributed by atoms with Crippen molar-refractivity contribution in [2.45, 2.75) is 6.92 Å². The number of aryl methyl sites for hydroxylation is 1. The van der Waals surface area contributed by atoms with Gasteiger partial charge in [-0.1, -0.05) is 0 Å². The van der Waals surface area contributed by atoms with E-state index < -0.39 is 0 Å². The van der Waals surface area contributed by atoms with Gasteiger partial charge in [-0.15, -0.1) is 11.3 Å². The summed E-state index contributed by atoms with van der Waals surface area (Å²) in [6.45, 7) is 2.06. The molecule has 3 rings (SSSR count). The van der Waals surface area contributed by atoms with Crippen molar-refractivity contribution in [3.8, 4) is 39.8 Å². The number of ether oxygens (including phenoxy) is 3. The van der Waals surface area contributed by atoms with E-state index in [0.717, 1.165) is 22.6 Å². The maximum atomic E-state index is 5.63. The van der Waals surface area contributed by atoms with Crippen molar-refractivity contribution in [2.24, 2.45) is 0 Å². The van der Waals surface area contributed by atoms with Gasteiger partial charge in [-0.2, -0.15) is 0 Å². The lowest BCUT2D eigenvalue weighted by atomic mass is 10.1. The first-order valence-electron chi connectivity index (χ1n) is 6.98. The molecule has 0 unspecified atom stereocenters. The molecule has 120 valence electrons. The number of benzene rings is 1. The second kappa shape index (κ2) is 6.34. The van der Waals surface area contributed by atoms with Crippen LogP contribution in [0, 0.1) is 6.92 Å². The molecule has 6 heteroatoms. The number of aromatic nitrogens is 1. The third-order valence-electron chi connectivity index (χ3n) is 3.61. The van der Waals surface area contributed by atoms with Gasteiger partial charge in [0.1, 0.15) is 5.69 Å². The molecule has 0 radical (unpaired) electrons. The van der Waals surface area contributed by atoms with E-state index in [1.54, 1.807) is 32.7 Å². The second-order valence-corrected chi connectivity index (χ2v) is 5.95. The summed E-state index contributed by atoms with van der Waals surface area (Å²) >= 11 is 1.67. The molecule has 2 aromatic heterocycles. The van der Waals surface area contributed by atoms with Gasteiger partial charge >= 0.3 is 0 Å². The van der Waals surface area contributed by atoms with Gasteiger partial charge in [0.2, 0.25) is 5.75 Å². The zero-order valence-electron chi connectivity index (χ0n) is 13.4. The van der Waals surface area contributed by atoms with Crippen LogP contribution in [-0.2, 0) is 0 Å². The lowest BCUT2D eigenvalue weighted by Gasteiger charge is -2.13. The third kappa shape index (κ3) is 2.66. The summed E-state index contributed by atoms with van der Waals surface area (Å²) in [6.07, 6.45) is 1.45. The van der Waals surface area contributed by atoms with E-state index >= 15 is 0 Å². The van der Waals surface area contributed by atoms with Crippen LogP contribution >= 0.6 is 11.3 Å². The summed E-state index contributed by atoms with van der Waals surface area (Å²) in [7, 11) is 4.76. The normalized spacial score (nSPS) is 10.6. The molecule has 0 amide bonds. The number of thiophene rings is 1. The standard InChI is InChI=1S/C17H17NO4S/c1-10-12(5-6-23-10)16-15(18-9-22-16)11-7-13(19-2)17(21-4)14(8-11)20-3/h5-9H,1-4H3. The number of hydrogen-bond acceptors (Lipinski definition) is 6. The van der Waals surface area contributed by atoms with Crippen molar-refractivity contribution in [1.82, 2.24) is 4.98 Å². The largest absolute Gasteiger partial charge is 0.493 e. The predicted octanol–water partition coefficient (Wildman–Crippen LogP) is 4.40. The van der Waals surface area contributed by atoms with E-state index in [-0.39, 0.29) is 0 Å². The molecule has 3 aromatic rings. The smallest absolute Gasteiger partial charge is 0.203 e. The van der Waals surface area contributed by atoms with E-state index in [0.29, 0.717) is 17.2 Å². The molecule has 0 spiro atoms. The number of oxazole rings is 1. The van der Waals surface area contributed by atoms with Crippen LogP contribution in [0.25, 0.3) is 22.6 Å². The minimum Gasteiger partial charge on any atom is -0.493 e. The summed E-state index contributed by atoms with van der Waals surface area (Å²) in [5, 5.41) is 2.03. The van der Waals surface area contributed by atoms with Gasteiger partial charge in [0.25, 0.3) is 0 Å². The Balaban J connectivity index is 2.17. The fourth-order valence-corrected chi connectivity index (χ4v) is 3.18. The highest BCUT2D eigenvalue weighted by molar-refractivity contribution is 7.10. The predicted molar refractivity (Wildman–Crippen MR) is 89.6 cm³/mol. The molecule has 0 aliphatic rings. The fourth-order valence-electron chi connectivity index (χ4n) is 2.48. The van der Waals surface area contributed by atoms with Crippen LogP contribution < -0.4 is 14.2 Å². The molecule has 5 nitrogen and oxygen atoms in total. The Morgan fingerprint density at radius 3 is 2.26 bits per heavy atom. The van der Waals surface area contributed by atoms with Crippen LogP contribution in [-0.4, -0.2) is 26.3 Å². The number of rotatable bonds is 5. The Morgan fingerprint density at radius 2 is 1.74 bits per heavy atom. The molecule has 0 aliphatic carbocycles. The topological polar surface area (TPSA) is 53.7 Å². The SMILES string of the molecule is COc1cc(-c2ncoc2-c2ccsc2C)cc(OC)c1OC. The molecular weight excluding hydrogens is 314 g/mol. The van der Waals surface area contributed by atoms with Gasteiger partial charge in [0, 0.05) is 16.0 Å². The average Bonchev–Trinajstić information content (AvgIpc) is 3.21. The van der Waals surface area contributed by atoms with Crippen molar-refractivity contribution in [2.75, 3.05) is 21.3 Å². The highest BCUT2D eigenvalue weighted by Crippen LogP contribution is 2.43. The summed E-state index contributed by atoms with van der Waals surface area (Å²) in [5.41, 5.74) is 2.62. The molecule has 23 heavy (non-hydrogen) atoms. The molecular formula is C17H17NO4S.